The molecule has 2 N–H and O–H groups in total. The Hall–Kier alpha value is -2.44. The van der Waals surface area contributed by atoms with Crippen LogP contribution in [0.25, 0.3) is 0 Å². The lowest BCUT2D eigenvalue weighted by molar-refractivity contribution is -0.133. The topological polar surface area (TPSA) is 91.1 Å². The summed E-state index contributed by atoms with van der Waals surface area (Å²) in [6.07, 6.45) is -0.274. The molecule has 0 bridgehead atoms. The van der Waals surface area contributed by atoms with Crippen molar-refractivity contribution in [2.75, 3.05) is 33.5 Å². The number of likely N-dealkylation sites (tertiary alicyclic amines) is 1. The minimum Gasteiger partial charge on any atom is -0.493 e. The van der Waals surface area contributed by atoms with Crippen LogP contribution in [0, 0.1) is 0 Å². The van der Waals surface area contributed by atoms with E-state index in [1.54, 1.807) is 7.05 Å². The highest BCUT2D eigenvalue weighted by Gasteiger charge is 2.33. The van der Waals surface area contributed by atoms with Crippen molar-refractivity contribution in [1.82, 2.24) is 4.90 Å². The van der Waals surface area contributed by atoms with E-state index in [1.165, 1.54) is 31.3 Å². The zero-order valence-corrected chi connectivity index (χ0v) is 12.2. The fourth-order valence-electron chi connectivity index (χ4n) is 2.16. The maximum atomic E-state index is 12.2. The van der Waals surface area contributed by atoms with Crippen LogP contribution in [-0.4, -0.2) is 50.7 Å². The summed E-state index contributed by atoms with van der Waals surface area (Å²) in [6, 6.07) is 2.93. The first kappa shape index (κ1) is 15.0. The summed E-state index contributed by atoms with van der Waals surface area (Å²) in [4.78, 5) is 25.4. The maximum Gasteiger partial charge on any atom is 0.341 e. The van der Waals surface area contributed by atoms with Gasteiger partial charge >= 0.3 is 5.97 Å². The normalized spacial score (nSPS) is 17.8. The Kier molecular flexibility index (Phi) is 4.21. The summed E-state index contributed by atoms with van der Waals surface area (Å²) in [5.74, 6) is -0.0683. The molecule has 1 aliphatic heterocycles. The number of carbonyl (C=O) groups is 2. The number of nitrogens with zero attached hydrogens (tertiary/aromatic N) is 1. The molecule has 1 heterocycles. The fourth-order valence-corrected chi connectivity index (χ4v) is 2.16. The quantitative estimate of drug-likeness (QED) is 0.648. The van der Waals surface area contributed by atoms with Gasteiger partial charge in [0.1, 0.15) is 0 Å². The van der Waals surface area contributed by atoms with Crippen molar-refractivity contribution >= 4 is 17.6 Å². The van der Waals surface area contributed by atoms with Gasteiger partial charge < -0.3 is 24.8 Å². The number of ether oxygens (including phenoxy) is 3. The number of methoxy groups -OCH3 is 2. The van der Waals surface area contributed by atoms with Gasteiger partial charge in [0.05, 0.1) is 25.5 Å². The maximum absolute atomic E-state index is 12.2. The molecular weight excluding hydrogens is 276 g/mol. The standard InChI is InChI=1S/C14H18N2O5/c1-16-5-4-10(13(16)17)21-14(18)8-6-11(19-2)12(20-3)7-9(8)15/h6-7,10H,4-5,15H2,1-3H3. The highest BCUT2D eigenvalue weighted by atomic mass is 16.5. The van der Waals surface area contributed by atoms with E-state index in [0.717, 1.165) is 0 Å². The highest BCUT2D eigenvalue weighted by molar-refractivity contribution is 5.98. The number of nitrogens with two attached hydrogens (primary N) is 1. The van der Waals surface area contributed by atoms with Gasteiger partial charge in [0.15, 0.2) is 17.6 Å². The Morgan fingerprint density at radius 1 is 1.29 bits per heavy atom. The van der Waals surface area contributed by atoms with E-state index in [4.69, 9.17) is 19.9 Å². The average Bonchev–Trinajstić information content (AvgIpc) is 2.78. The molecular formula is C14H18N2O5. The molecule has 7 nitrogen and oxygen atoms in total. The molecule has 1 atom stereocenters. The van der Waals surface area contributed by atoms with Gasteiger partial charge in [-0.25, -0.2) is 4.79 Å². The molecule has 0 radical (unpaired) electrons. The number of hydrogen-bond acceptors (Lipinski definition) is 6. The number of esters is 1. The van der Waals surface area contributed by atoms with Gasteiger partial charge in [-0.1, -0.05) is 0 Å². The van der Waals surface area contributed by atoms with Crippen molar-refractivity contribution in [2.24, 2.45) is 0 Å². The van der Waals surface area contributed by atoms with E-state index in [1.807, 2.05) is 0 Å². The number of rotatable bonds is 4. The third-order valence-electron chi connectivity index (χ3n) is 3.40. The van der Waals surface area contributed by atoms with Crippen molar-refractivity contribution < 1.29 is 23.8 Å². The van der Waals surface area contributed by atoms with E-state index in [0.29, 0.717) is 24.5 Å². The molecule has 1 saturated heterocycles. The van der Waals surface area contributed by atoms with Crippen molar-refractivity contribution in [1.29, 1.82) is 0 Å². The SMILES string of the molecule is COc1cc(N)c(C(=O)OC2CCN(C)C2=O)cc1OC. The number of nitrogen functional groups attached to an aromatic ring is 1. The van der Waals surface area contributed by atoms with Crippen LogP contribution in [0.1, 0.15) is 16.8 Å². The zero-order chi connectivity index (χ0) is 15.6. The molecule has 0 spiro atoms. The second kappa shape index (κ2) is 5.90. The number of likely N-dealkylation sites (N-methyl/N-ethyl adjacent to an activating group) is 1. The molecule has 1 fully saturated rings. The van der Waals surface area contributed by atoms with Gasteiger partial charge in [-0.15, -0.1) is 0 Å². The van der Waals surface area contributed by atoms with Gasteiger partial charge in [0, 0.05) is 32.1 Å². The van der Waals surface area contributed by atoms with E-state index < -0.39 is 12.1 Å². The molecule has 0 aliphatic carbocycles. The van der Waals surface area contributed by atoms with Crippen LogP contribution >= 0.6 is 0 Å². The molecule has 1 aromatic carbocycles. The van der Waals surface area contributed by atoms with Crippen molar-refractivity contribution in [3.05, 3.63) is 17.7 Å². The number of amides is 1. The minimum atomic E-state index is -0.755. The lowest BCUT2D eigenvalue weighted by Gasteiger charge is -2.14. The van der Waals surface area contributed by atoms with Gasteiger partial charge in [-0.3, -0.25) is 4.79 Å². The largest absolute Gasteiger partial charge is 0.493 e. The third-order valence-corrected chi connectivity index (χ3v) is 3.40. The Labute approximate surface area is 122 Å². The van der Waals surface area contributed by atoms with Gasteiger partial charge in [0.25, 0.3) is 5.91 Å². The molecule has 1 unspecified atom stereocenters. The molecule has 0 aromatic heterocycles. The zero-order valence-electron chi connectivity index (χ0n) is 12.2. The van der Waals surface area contributed by atoms with Gasteiger partial charge in [0.2, 0.25) is 0 Å². The molecule has 21 heavy (non-hydrogen) atoms. The lowest BCUT2D eigenvalue weighted by atomic mass is 10.1. The van der Waals surface area contributed by atoms with Gasteiger partial charge in [-0.2, -0.15) is 0 Å². The Balaban J connectivity index is 2.21. The number of benzene rings is 1. The Morgan fingerprint density at radius 3 is 2.43 bits per heavy atom. The van der Waals surface area contributed by atoms with Crippen LogP contribution in [0.5, 0.6) is 11.5 Å². The summed E-state index contributed by atoms with van der Waals surface area (Å²) < 4.78 is 15.5. The van der Waals surface area contributed by atoms with Crippen molar-refractivity contribution in [3.8, 4) is 11.5 Å². The van der Waals surface area contributed by atoms with E-state index in [9.17, 15) is 9.59 Å². The molecule has 2 rings (SSSR count). The first-order chi connectivity index (χ1) is 9.97. The van der Waals surface area contributed by atoms with Crippen LogP contribution in [0.2, 0.25) is 0 Å². The van der Waals surface area contributed by atoms with Crippen LogP contribution in [0.3, 0.4) is 0 Å². The molecule has 114 valence electrons. The van der Waals surface area contributed by atoms with E-state index >= 15 is 0 Å². The second-order valence-electron chi connectivity index (χ2n) is 4.74. The predicted octanol–water partition coefficient (Wildman–Crippen LogP) is 0.673. The Morgan fingerprint density at radius 2 is 1.90 bits per heavy atom. The van der Waals surface area contributed by atoms with E-state index in [2.05, 4.69) is 0 Å². The number of hydrogen-bond donors (Lipinski definition) is 1. The summed E-state index contributed by atoms with van der Waals surface area (Å²) in [5.41, 5.74) is 6.18. The molecule has 7 heteroatoms. The number of carbonyl (C=O) groups excluding carboxylic acids is 2. The molecule has 1 aliphatic rings. The highest BCUT2D eigenvalue weighted by Crippen LogP contribution is 2.32. The molecule has 0 saturated carbocycles. The first-order valence-electron chi connectivity index (χ1n) is 6.45. The van der Waals surface area contributed by atoms with Crippen LogP contribution in [0.4, 0.5) is 5.69 Å². The minimum absolute atomic E-state index is 0.148. The van der Waals surface area contributed by atoms with Crippen LogP contribution in [0.15, 0.2) is 12.1 Å². The summed E-state index contributed by atoms with van der Waals surface area (Å²) in [6.45, 7) is 0.568. The third kappa shape index (κ3) is 2.86. The van der Waals surface area contributed by atoms with Crippen molar-refractivity contribution in [2.45, 2.75) is 12.5 Å². The van der Waals surface area contributed by atoms with Gasteiger partial charge in [-0.05, 0) is 0 Å². The van der Waals surface area contributed by atoms with E-state index in [-0.39, 0.29) is 17.2 Å². The molecule has 1 aromatic rings. The Bertz CT molecular complexity index is 573. The summed E-state index contributed by atoms with van der Waals surface area (Å²) >= 11 is 0. The fraction of sp³-hybridized carbons (Fsp3) is 0.429. The second-order valence-corrected chi connectivity index (χ2v) is 4.74. The molecule has 1 amide bonds. The summed E-state index contributed by atoms with van der Waals surface area (Å²) in [5, 5.41) is 0. The number of anilines is 1. The lowest BCUT2D eigenvalue weighted by Crippen LogP contribution is -2.29. The average molecular weight is 294 g/mol. The predicted molar refractivity (Wildman–Crippen MR) is 75.4 cm³/mol. The van der Waals surface area contributed by atoms with Crippen LogP contribution in [-0.2, 0) is 9.53 Å². The van der Waals surface area contributed by atoms with Crippen molar-refractivity contribution in [3.63, 3.8) is 0 Å². The first-order valence-corrected chi connectivity index (χ1v) is 6.45. The summed E-state index contributed by atoms with van der Waals surface area (Å²) in [7, 11) is 4.60. The van der Waals surface area contributed by atoms with Crippen LogP contribution < -0.4 is 15.2 Å². The smallest absolute Gasteiger partial charge is 0.341 e. The monoisotopic (exact) mass is 294 g/mol.